The molecule has 4 rings (SSSR count). The summed E-state index contributed by atoms with van der Waals surface area (Å²) in [6.07, 6.45) is 3.66. The van der Waals surface area contributed by atoms with Crippen molar-refractivity contribution in [2.45, 2.75) is 0 Å². The van der Waals surface area contributed by atoms with Crippen LogP contribution in [0.15, 0.2) is 54.9 Å². The molecule has 0 saturated heterocycles. The number of para-hydroxylation sites is 1. The van der Waals surface area contributed by atoms with Crippen molar-refractivity contribution in [3.63, 3.8) is 0 Å². The Morgan fingerprint density at radius 1 is 1.24 bits per heavy atom. The van der Waals surface area contributed by atoms with Crippen LogP contribution in [0.4, 0.5) is 17.3 Å². The van der Waals surface area contributed by atoms with Crippen molar-refractivity contribution in [2.75, 3.05) is 33.1 Å². The predicted octanol–water partition coefficient (Wildman–Crippen LogP) is 4.21. The van der Waals surface area contributed by atoms with E-state index in [1.165, 1.54) is 13.2 Å². The fourth-order valence-electron chi connectivity index (χ4n) is 3.61. The van der Waals surface area contributed by atoms with Crippen LogP contribution in [0.25, 0.3) is 22.2 Å². The van der Waals surface area contributed by atoms with Crippen molar-refractivity contribution >= 4 is 28.2 Å². The third-order valence-corrected chi connectivity index (χ3v) is 5.21. The first-order valence-electron chi connectivity index (χ1n) is 10.5. The summed E-state index contributed by atoms with van der Waals surface area (Å²) in [7, 11) is 7.24. The second-order valence-electron chi connectivity index (χ2n) is 7.93. The molecule has 9 nitrogen and oxygen atoms in total. The summed E-state index contributed by atoms with van der Waals surface area (Å²) in [5.41, 5.74) is 3.32. The lowest BCUT2D eigenvalue weighted by Crippen LogP contribution is -2.10. The number of fused-ring (bicyclic) bond motifs is 1. The molecule has 4 aromatic rings. The van der Waals surface area contributed by atoms with Crippen LogP contribution in [-0.4, -0.2) is 52.1 Å². The number of ether oxygens (including phenoxy) is 1. The molecule has 0 atom stereocenters. The van der Waals surface area contributed by atoms with Crippen molar-refractivity contribution < 1.29 is 9.66 Å². The summed E-state index contributed by atoms with van der Waals surface area (Å²) < 4.78 is 7.52. The second-order valence-corrected chi connectivity index (χ2v) is 7.93. The normalized spacial score (nSPS) is 10.7. The molecule has 0 aliphatic rings. The number of benzene rings is 2. The lowest BCUT2D eigenvalue weighted by molar-refractivity contribution is -0.385. The Morgan fingerprint density at radius 3 is 2.76 bits per heavy atom. The van der Waals surface area contributed by atoms with Crippen molar-refractivity contribution in [1.29, 1.82) is 0 Å². The van der Waals surface area contributed by atoms with Gasteiger partial charge in [-0.05, 0) is 26.2 Å². The molecule has 0 aliphatic heterocycles. The Morgan fingerprint density at radius 2 is 2.03 bits per heavy atom. The van der Waals surface area contributed by atoms with Gasteiger partial charge in [0.15, 0.2) is 0 Å². The van der Waals surface area contributed by atoms with Crippen molar-refractivity contribution in [3.8, 4) is 28.8 Å². The van der Waals surface area contributed by atoms with Crippen LogP contribution in [0.3, 0.4) is 0 Å². The van der Waals surface area contributed by atoms with Crippen LogP contribution in [-0.2, 0) is 7.05 Å². The van der Waals surface area contributed by atoms with E-state index in [9.17, 15) is 10.1 Å². The molecule has 0 spiro atoms. The minimum atomic E-state index is -0.461. The van der Waals surface area contributed by atoms with Gasteiger partial charge in [-0.25, -0.2) is 9.97 Å². The van der Waals surface area contributed by atoms with Gasteiger partial charge in [-0.1, -0.05) is 30.0 Å². The summed E-state index contributed by atoms with van der Waals surface area (Å²) in [6.45, 7) is 0.480. The van der Waals surface area contributed by atoms with Crippen LogP contribution < -0.4 is 10.1 Å². The molecule has 34 heavy (non-hydrogen) atoms. The van der Waals surface area contributed by atoms with Gasteiger partial charge < -0.3 is 14.6 Å². The van der Waals surface area contributed by atoms with Gasteiger partial charge in [0.2, 0.25) is 5.95 Å². The van der Waals surface area contributed by atoms with Gasteiger partial charge >= 0.3 is 0 Å². The van der Waals surface area contributed by atoms with Crippen LogP contribution in [0.1, 0.15) is 5.56 Å². The first kappa shape index (κ1) is 22.8. The van der Waals surface area contributed by atoms with E-state index in [0.29, 0.717) is 23.9 Å². The highest BCUT2D eigenvalue weighted by Gasteiger charge is 2.19. The van der Waals surface area contributed by atoms with Gasteiger partial charge in [-0.15, -0.1) is 0 Å². The van der Waals surface area contributed by atoms with Gasteiger partial charge in [-0.3, -0.25) is 15.0 Å². The number of nitrogens with zero attached hydrogens (tertiary/aromatic N) is 5. The maximum Gasteiger partial charge on any atom is 0.287 e. The fraction of sp³-hybridized carbons (Fsp3) is 0.200. The number of anilines is 2. The molecule has 9 heteroatoms. The van der Waals surface area contributed by atoms with Crippen LogP contribution >= 0.6 is 0 Å². The maximum absolute atomic E-state index is 11.7. The highest BCUT2D eigenvalue weighted by molar-refractivity contribution is 5.95. The summed E-state index contributed by atoms with van der Waals surface area (Å²) in [5, 5.41) is 15.9. The molecular weight excluding hydrogens is 432 g/mol. The van der Waals surface area contributed by atoms with Gasteiger partial charge in [0.1, 0.15) is 11.3 Å². The van der Waals surface area contributed by atoms with E-state index in [-0.39, 0.29) is 11.3 Å². The number of aryl methyl sites for hydroxylation is 1. The molecule has 0 radical (unpaired) electrons. The molecule has 0 bridgehead atoms. The van der Waals surface area contributed by atoms with Gasteiger partial charge in [0.05, 0.1) is 30.0 Å². The van der Waals surface area contributed by atoms with Crippen molar-refractivity contribution in [3.05, 3.63) is 70.5 Å². The molecule has 2 heterocycles. The van der Waals surface area contributed by atoms with Crippen LogP contribution in [0, 0.1) is 22.0 Å². The molecule has 0 fully saturated rings. The lowest BCUT2D eigenvalue weighted by atomic mass is 10.1. The van der Waals surface area contributed by atoms with Crippen molar-refractivity contribution in [2.24, 2.45) is 7.05 Å². The average molecular weight is 457 g/mol. The summed E-state index contributed by atoms with van der Waals surface area (Å²) >= 11 is 0. The zero-order valence-electron chi connectivity index (χ0n) is 19.4. The number of rotatable bonds is 6. The quantitative estimate of drug-likeness (QED) is 0.264. The molecule has 0 unspecified atom stereocenters. The number of aromatic nitrogens is 3. The molecule has 0 amide bonds. The molecule has 172 valence electrons. The largest absolute Gasteiger partial charge is 0.495 e. The van der Waals surface area contributed by atoms with E-state index in [4.69, 9.17) is 4.74 Å². The second kappa shape index (κ2) is 9.60. The van der Waals surface area contributed by atoms with Crippen LogP contribution in [0.5, 0.6) is 5.75 Å². The first-order chi connectivity index (χ1) is 16.4. The number of methoxy groups -OCH3 is 1. The number of nitrogens with one attached hydrogen (secondary N) is 1. The van der Waals surface area contributed by atoms with E-state index in [1.807, 2.05) is 67.1 Å². The number of hydrogen-bond donors (Lipinski definition) is 1. The Kier molecular flexibility index (Phi) is 6.43. The third kappa shape index (κ3) is 4.67. The lowest BCUT2D eigenvalue weighted by Gasteiger charge is -2.11. The Hall–Kier alpha value is -4.42. The number of nitro benzene ring substituents is 1. The summed E-state index contributed by atoms with van der Waals surface area (Å²) in [6, 6.07) is 12.8. The molecule has 2 aromatic heterocycles. The van der Waals surface area contributed by atoms with E-state index >= 15 is 0 Å². The summed E-state index contributed by atoms with van der Waals surface area (Å²) in [5.74, 6) is 6.49. The fourth-order valence-corrected chi connectivity index (χ4v) is 3.61. The standard InChI is InChI=1S/C25H24N6O3/c1-29(2)13-7-8-17-14-24(34-4)21(15-23(17)31(32)33)28-25-26-12-11-20(27-25)19-16-30(3)22-10-6-5-9-18(19)22/h5-6,9-12,14-16H,13H2,1-4H3,(H,26,27,28). The topological polar surface area (TPSA) is 98.4 Å². The smallest absolute Gasteiger partial charge is 0.287 e. The van der Waals surface area contributed by atoms with Gasteiger partial charge in [0, 0.05) is 48.0 Å². The third-order valence-electron chi connectivity index (χ3n) is 5.21. The highest BCUT2D eigenvalue weighted by Crippen LogP contribution is 2.35. The zero-order valence-corrected chi connectivity index (χ0v) is 19.4. The average Bonchev–Trinajstić information content (AvgIpc) is 3.16. The SMILES string of the molecule is COc1cc(C#CCN(C)C)c([N+](=O)[O-])cc1Nc1nccc(-c2cn(C)c3ccccc23)n1. The Bertz CT molecular complexity index is 1430. The molecular formula is C25H24N6O3. The Labute approximate surface area is 197 Å². The van der Waals surface area contributed by atoms with E-state index in [0.717, 1.165) is 22.2 Å². The zero-order chi connectivity index (χ0) is 24.2. The van der Waals surface area contributed by atoms with E-state index in [2.05, 4.69) is 27.1 Å². The minimum absolute atomic E-state index is 0.125. The van der Waals surface area contributed by atoms with Gasteiger partial charge in [0.25, 0.3) is 5.69 Å². The summed E-state index contributed by atoms with van der Waals surface area (Å²) in [4.78, 5) is 22.1. The monoisotopic (exact) mass is 456 g/mol. The minimum Gasteiger partial charge on any atom is -0.495 e. The number of hydrogen-bond acceptors (Lipinski definition) is 7. The molecule has 0 saturated carbocycles. The maximum atomic E-state index is 11.7. The van der Waals surface area contributed by atoms with E-state index < -0.39 is 4.92 Å². The van der Waals surface area contributed by atoms with Gasteiger partial charge in [-0.2, -0.15) is 0 Å². The first-order valence-corrected chi connectivity index (χ1v) is 10.5. The van der Waals surface area contributed by atoms with Crippen LogP contribution in [0.2, 0.25) is 0 Å². The Balaban J connectivity index is 1.72. The molecule has 2 aromatic carbocycles. The number of nitro groups is 1. The molecule has 1 N–H and O–H groups in total. The highest BCUT2D eigenvalue weighted by atomic mass is 16.6. The van der Waals surface area contributed by atoms with Crippen molar-refractivity contribution in [1.82, 2.24) is 19.4 Å². The van der Waals surface area contributed by atoms with E-state index in [1.54, 1.807) is 12.3 Å². The molecule has 0 aliphatic carbocycles. The predicted molar refractivity (Wildman–Crippen MR) is 132 cm³/mol.